The molecule has 0 bridgehead atoms. The molecular weight excluding hydrogens is 241 g/mol. The zero-order valence-corrected chi connectivity index (χ0v) is 12.1. The predicted molar refractivity (Wildman–Crippen MR) is 75.8 cm³/mol. The zero-order valence-electron chi connectivity index (χ0n) is 12.1. The molecule has 1 N–H and O–H groups in total. The first-order valence-corrected chi connectivity index (χ1v) is 7.11. The van der Waals surface area contributed by atoms with E-state index >= 15 is 0 Å². The molecule has 2 nitrogen and oxygen atoms in total. The van der Waals surface area contributed by atoms with Gasteiger partial charge in [-0.05, 0) is 39.2 Å². The van der Waals surface area contributed by atoms with Crippen LogP contribution in [-0.4, -0.2) is 12.1 Å². The van der Waals surface area contributed by atoms with Crippen molar-refractivity contribution in [2.45, 2.75) is 52.1 Å². The third-order valence-electron chi connectivity index (χ3n) is 3.33. The van der Waals surface area contributed by atoms with Crippen LogP contribution in [0.5, 0.6) is 5.75 Å². The number of halogens is 1. The zero-order chi connectivity index (χ0) is 13.9. The number of para-hydroxylation sites is 1. The van der Waals surface area contributed by atoms with E-state index in [1.165, 1.54) is 18.9 Å². The van der Waals surface area contributed by atoms with Crippen LogP contribution in [0.2, 0.25) is 0 Å². The number of ether oxygens (including phenoxy) is 1. The molecule has 0 saturated heterocycles. The fraction of sp³-hybridized carbons (Fsp3) is 0.625. The summed E-state index contributed by atoms with van der Waals surface area (Å²) in [5, 5.41) is 3.37. The van der Waals surface area contributed by atoms with Gasteiger partial charge in [-0.1, -0.05) is 25.0 Å². The molecule has 1 aliphatic carbocycles. The molecule has 0 unspecified atom stereocenters. The topological polar surface area (TPSA) is 21.3 Å². The summed E-state index contributed by atoms with van der Waals surface area (Å²) < 4.78 is 19.5. The summed E-state index contributed by atoms with van der Waals surface area (Å²) in [7, 11) is 0. The lowest BCUT2D eigenvalue weighted by atomic mass is 10.1. The molecule has 106 valence electrons. The van der Waals surface area contributed by atoms with Crippen molar-refractivity contribution < 1.29 is 9.13 Å². The van der Waals surface area contributed by atoms with Crippen molar-refractivity contribution in [2.24, 2.45) is 5.92 Å². The highest BCUT2D eigenvalue weighted by molar-refractivity contribution is 5.35. The van der Waals surface area contributed by atoms with Gasteiger partial charge in [0.25, 0.3) is 0 Å². The molecule has 1 fully saturated rings. The van der Waals surface area contributed by atoms with Crippen molar-refractivity contribution in [1.29, 1.82) is 0 Å². The normalized spacial score (nSPS) is 15.6. The predicted octanol–water partition coefficient (Wildman–Crippen LogP) is 3.89. The number of benzene rings is 1. The van der Waals surface area contributed by atoms with E-state index in [1.54, 1.807) is 6.07 Å². The highest BCUT2D eigenvalue weighted by Crippen LogP contribution is 2.33. The van der Waals surface area contributed by atoms with E-state index < -0.39 is 0 Å². The Morgan fingerprint density at radius 3 is 2.68 bits per heavy atom. The van der Waals surface area contributed by atoms with Gasteiger partial charge in [0.2, 0.25) is 0 Å². The molecule has 1 saturated carbocycles. The van der Waals surface area contributed by atoms with E-state index in [1.807, 2.05) is 6.07 Å². The molecule has 0 aromatic heterocycles. The fourth-order valence-corrected chi connectivity index (χ4v) is 1.95. The molecule has 19 heavy (non-hydrogen) atoms. The Balaban J connectivity index is 1.97. The van der Waals surface area contributed by atoms with Gasteiger partial charge in [0.15, 0.2) is 11.6 Å². The average Bonchev–Trinajstić information content (AvgIpc) is 3.12. The second-order valence-corrected chi connectivity index (χ2v) is 6.41. The first kappa shape index (κ1) is 14.3. The van der Waals surface area contributed by atoms with Gasteiger partial charge in [0.1, 0.15) is 0 Å². The smallest absolute Gasteiger partial charge is 0.165 e. The van der Waals surface area contributed by atoms with E-state index in [-0.39, 0.29) is 11.4 Å². The fourth-order valence-electron chi connectivity index (χ4n) is 1.95. The third-order valence-corrected chi connectivity index (χ3v) is 3.33. The molecule has 0 atom stereocenters. The van der Waals surface area contributed by atoms with Crippen LogP contribution in [-0.2, 0) is 6.54 Å². The molecule has 1 aliphatic rings. The molecule has 0 heterocycles. The van der Waals surface area contributed by atoms with E-state index in [2.05, 4.69) is 26.1 Å². The van der Waals surface area contributed by atoms with Gasteiger partial charge in [0.05, 0.1) is 6.61 Å². The van der Waals surface area contributed by atoms with Crippen LogP contribution in [0, 0.1) is 11.7 Å². The highest BCUT2D eigenvalue weighted by atomic mass is 19.1. The van der Waals surface area contributed by atoms with Crippen molar-refractivity contribution in [3.63, 3.8) is 0 Å². The highest BCUT2D eigenvalue weighted by Gasteiger charge is 2.21. The molecule has 1 aromatic rings. The maximum Gasteiger partial charge on any atom is 0.165 e. The van der Waals surface area contributed by atoms with Crippen LogP contribution < -0.4 is 10.1 Å². The molecule has 0 amide bonds. The van der Waals surface area contributed by atoms with Gasteiger partial charge >= 0.3 is 0 Å². The number of nitrogens with one attached hydrogen (secondary N) is 1. The van der Waals surface area contributed by atoms with Crippen molar-refractivity contribution in [1.82, 2.24) is 5.32 Å². The van der Waals surface area contributed by atoms with Crippen LogP contribution in [0.1, 0.15) is 45.6 Å². The number of hydrogen-bond donors (Lipinski definition) is 1. The third kappa shape index (κ3) is 4.83. The summed E-state index contributed by atoms with van der Waals surface area (Å²) in [5.74, 6) is 0.965. The monoisotopic (exact) mass is 265 g/mol. The van der Waals surface area contributed by atoms with E-state index in [9.17, 15) is 4.39 Å². The lowest BCUT2D eigenvalue weighted by Crippen LogP contribution is -2.35. The second-order valence-electron chi connectivity index (χ2n) is 6.41. The summed E-state index contributed by atoms with van der Waals surface area (Å²) in [6.07, 6.45) is 3.65. The lowest BCUT2D eigenvalue weighted by Gasteiger charge is -2.21. The average molecular weight is 265 g/mol. The van der Waals surface area contributed by atoms with Crippen molar-refractivity contribution >= 4 is 0 Å². The largest absolute Gasteiger partial charge is 0.490 e. The first-order chi connectivity index (χ1) is 8.96. The van der Waals surface area contributed by atoms with Crippen LogP contribution >= 0.6 is 0 Å². The van der Waals surface area contributed by atoms with Crippen LogP contribution in [0.25, 0.3) is 0 Å². The molecule has 0 aliphatic heterocycles. The Labute approximate surface area is 115 Å². The maximum absolute atomic E-state index is 13.9. The van der Waals surface area contributed by atoms with E-state index in [4.69, 9.17) is 4.74 Å². The molecule has 2 rings (SSSR count). The minimum Gasteiger partial charge on any atom is -0.490 e. The summed E-state index contributed by atoms with van der Waals surface area (Å²) in [5.41, 5.74) is 0.906. The molecule has 1 aromatic carbocycles. The van der Waals surface area contributed by atoms with Gasteiger partial charge in [-0.25, -0.2) is 4.39 Å². The molecule has 0 spiro atoms. The van der Waals surface area contributed by atoms with Crippen molar-refractivity contribution in [3.05, 3.63) is 29.6 Å². The summed E-state index contributed by atoms with van der Waals surface area (Å²) in [6.45, 7) is 7.54. The first-order valence-electron chi connectivity index (χ1n) is 7.11. The molecule has 3 heteroatoms. The Bertz CT molecular complexity index is 421. The summed E-state index contributed by atoms with van der Waals surface area (Å²) >= 11 is 0. The standard InChI is InChI=1S/C16H24FNO/c1-16(2,3)18-11-13-5-4-6-14(17)15(13)19-10-9-12-7-8-12/h4-6,12,18H,7-11H2,1-3H3. The van der Waals surface area contributed by atoms with Crippen molar-refractivity contribution in [3.8, 4) is 5.75 Å². The van der Waals surface area contributed by atoms with Crippen LogP contribution in [0.4, 0.5) is 4.39 Å². The summed E-state index contributed by atoms with van der Waals surface area (Å²) in [6, 6.07) is 5.13. The van der Waals surface area contributed by atoms with Gasteiger partial charge < -0.3 is 10.1 Å². The van der Waals surface area contributed by atoms with Crippen LogP contribution in [0.3, 0.4) is 0 Å². The van der Waals surface area contributed by atoms with E-state index in [0.717, 1.165) is 17.9 Å². The quantitative estimate of drug-likeness (QED) is 0.842. The van der Waals surface area contributed by atoms with Gasteiger partial charge in [-0.3, -0.25) is 0 Å². The molecular formula is C16H24FNO. The Morgan fingerprint density at radius 1 is 1.32 bits per heavy atom. The van der Waals surface area contributed by atoms with Gasteiger partial charge in [-0.15, -0.1) is 0 Å². The Hall–Kier alpha value is -1.09. The van der Waals surface area contributed by atoms with Crippen LogP contribution in [0.15, 0.2) is 18.2 Å². The van der Waals surface area contributed by atoms with E-state index in [0.29, 0.717) is 18.9 Å². The number of hydrogen-bond acceptors (Lipinski definition) is 2. The number of rotatable bonds is 6. The maximum atomic E-state index is 13.9. The second kappa shape index (κ2) is 5.91. The van der Waals surface area contributed by atoms with Gasteiger partial charge in [-0.2, -0.15) is 0 Å². The summed E-state index contributed by atoms with van der Waals surface area (Å²) in [4.78, 5) is 0. The lowest BCUT2D eigenvalue weighted by molar-refractivity contribution is 0.282. The molecule has 0 radical (unpaired) electrons. The SMILES string of the molecule is CC(C)(C)NCc1cccc(F)c1OCCC1CC1. The van der Waals surface area contributed by atoms with Crippen molar-refractivity contribution in [2.75, 3.05) is 6.61 Å². The Morgan fingerprint density at radius 2 is 2.05 bits per heavy atom. The minimum absolute atomic E-state index is 0.0115. The minimum atomic E-state index is -0.260. The van der Waals surface area contributed by atoms with Gasteiger partial charge in [0, 0.05) is 17.6 Å². The Kier molecular flexibility index (Phi) is 4.46.